The fourth-order valence-electron chi connectivity index (χ4n) is 0. The second-order valence-electron chi connectivity index (χ2n) is 0.964. The molecule has 0 heterocycles. The molecule has 0 aliphatic rings. The van der Waals surface area contributed by atoms with Gasteiger partial charge in [0.1, 0.15) is 0 Å². The number of hydrogen-bond acceptors (Lipinski definition) is 7. The van der Waals surface area contributed by atoms with Crippen LogP contribution in [-0.4, -0.2) is 24.9 Å². The van der Waals surface area contributed by atoms with E-state index in [0.29, 0.717) is 0 Å². The van der Waals surface area contributed by atoms with E-state index in [1.165, 1.54) is 0 Å². The summed E-state index contributed by atoms with van der Waals surface area (Å²) in [7, 11) is 0. The Labute approximate surface area is 92.4 Å². The van der Waals surface area contributed by atoms with Crippen LogP contribution in [-0.2, 0) is 23.5 Å². The van der Waals surface area contributed by atoms with E-state index < -0.39 is 29.1 Å². The van der Waals surface area contributed by atoms with Gasteiger partial charge in [0.05, 0.1) is 0 Å². The third-order valence-electron chi connectivity index (χ3n) is 0. The minimum absolute atomic E-state index is 0. The van der Waals surface area contributed by atoms with E-state index in [9.17, 15) is 0 Å². The van der Waals surface area contributed by atoms with Crippen molar-refractivity contribution >= 4 is 12.3 Å². The molecule has 0 atom stereocenters. The zero-order valence-corrected chi connectivity index (χ0v) is 11.5. The topological polar surface area (TPSA) is 308 Å². The van der Waals surface area contributed by atoms with E-state index in [4.69, 9.17) is 44.3 Å². The Morgan fingerprint density at radius 3 is 0.875 bits per heavy atom. The number of rotatable bonds is 0. The molecule has 0 amide bonds. The van der Waals surface area contributed by atoms with Crippen molar-refractivity contribution in [2.45, 2.75) is 0 Å². The molecule has 0 spiro atoms. The number of carbonyl (C=O) groups excluding carboxylic acids is 1. The molecule has 0 radical (unpaired) electrons. The number of carboxylic acid groups (broad SMARTS) is 4. The van der Waals surface area contributed by atoms with Crippen molar-refractivity contribution in [1.29, 1.82) is 0 Å². The summed E-state index contributed by atoms with van der Waals surface area (Å²) in [5.74, 6) is 0. The maximum absolute atomic E-state index is 8.87. The molecule has 104 valence electrons. The van der Waals surface area contributed by atoms with Crippen molar-refractivity contribution in [3.63, 3.8) is 0 Å². The molecular formula is C2H15N3O10W. The van der Waals surface area contributed by atoms with Crippen molar-refractivity contribution in [3.05, 3.63) is 0 Å². The first-order chi connectivity index (χ1) is 5.46. The molecule has 13 nitrogen and oxygen atoms in total. The van der Waals surface area contributed by atoms with E-state index in [1.807, 2.05) is 0 Å². The SMILES string of the molecule is O=C([O-])O.O=C([O-])[O-].[NH4+].[NH4+].[NH4+].[O]=[W](=[O])([OH])[OH]. The fraction of sp³-hybridized carbons (Fsp3) is 0. The summed E-state index contributed by atoms with van der Waals surface area (Å²) in [6.45, 7) is 0. The van der Waals surface area contributed by atoms with Crippen molar-refractivity contribution < 1.29 is 61.1 Å². The van der Waals surface area contributed by atoms with Crippen molar-refractivity contribution in [2.75, 3.05) is 0 Å². The Morgan fingerprint density at radius 2 is 0.875 bits per heavy atom. The van der Waals surface area contributed by atoms with Crippen LogP contribution in [0.1, 0.15) is 0 Å². The standard InChI is InChI=1S/2CH2O3.3H3N.2H2O.2O.W/c2*2-1(3)4;;;;;;;;/h2*(H2,2,3,4);3*1H3;2*1H2;;;/q;;;;;;;;;+2/p-2. The van der Waals surface area contributed by atoms with Crippen LogP contribution in [0.15, 0.2) is 0 Å². The average molecular weight is 425 g/mol. The van der Waals surface area contributed by atoms with Crippen LogP contribution in [0.3, 0.4) is 0 Å². The van der Waals surface area contributed by atoms with E-state index in [-0.39, 0.29) is 18.5 Å². The monoisotopic (exact) mass is 425 g/mol. The molecule has 16 heavy (non-hydrogen) atoms. The van der Waals surface area contributed by atoms with Gasteiger partial charge in [-0.2, -0.15) is 0 Å². The molecule has 0 aliphatic heterocycles. The molecule has 0 bridgehead atoms. The second-order valence-corrected chi connectivity index (χ2v) is 4.18. The van der Waals surface area contributed by atoms with Gasteiger partial charge in [0.25, 0.3) is 0 Å². The van der Waals surface area contributed by atoms with Gasteiger partial charge >= 0.3 is 31.1 Å². The third-order valence-corrected chi connectivity index (χ3v) is 0. The summed E-state index contributed by atoms with van der Waals surface area (Å²) in [5.41, 5.74) is 0. The van der Waals surface area contributed by atoms with Gasteiger partial charge in [-0.15, -0.1) is 0 Å². The molecular weight excluding hydrogens is 410 g/mol. The Bertz CT molecular complexity index is 219. The van der Waals surface area contributed by atoms with Crippen LogP contribution < -0.4 is 33.8 Å². The summed E-state index contributed by atoms with van der Waals surface area (Å²) in [6.07, 6.45) is -4.42. The van der Waals surface area contributed by atoms with Gasteiger partial charge in [-0.25, -0.2) is 0 Å². The molecule has 14 heteroatoms. The van der Waals surface area contributed by atoms with E-state index >= 15 is 0 Å². The molecule has 0 rings (SSSR count). The maximum atomic E-state index is 8.87. The molecule has 0 aliphatic carbocycles. The first-order valence-electron chi connectivity index (χ1n) is 1.94. The zero-order chi connectivity index (χ0) is 11.7. The van der Waals surface area contributed by atoms with Gasteiger partial charge in [-0.05, 0) is 6.16 Å². The third kappa shape index (κ3) is 908. The first kappa shape index (κ1) is 36.5. The van der Waals surface area contributed by atoms with E-state index in [2.05, 4.69) is 0 Å². The van der Waals surface area contributed by atoms with Crippen LogP contribution in [0, 0.1) is 0 Å². The predicted octanol–water partition coefficient (Wildman–Crippen LogP) is -3.78. The van der Waals surface area contributed by atoms with Crippen molar-refractivity contribution in [3.8, 4) is 0 Å². The number of quaternary nitrogens is 3. The summed E-state index contributed by atoms with van der Waals surface area (Å²) in [6, 6.07) is 0. The Balaban J connectivity index is -0.0000000216. The predicted molar refractivity (Wildman–Crippen MR) is 37.2 cm³/mol. The first-order valence-corrected chi connectivity index (χ1v) is 6.96. The molecule has 15 N–H and O–H groups in total. The van der Waals surface area contributed by atoms with E-state index in [1.54, 1.807) is 0 Å². The molecule has 0 fully saturated rings. The second kappa shape index (κ2) is 19.2. The summed E-state index contributed by atoms with van der Waals surface area (Å²) >= 11 is -5.67. The summed E-state index contributed by atoms with van der Waals surface area (Å²) in [5, 5.41) is 32.0. The molecule has 0 saturated carbocycles. The normalized spacial score (nSPS) is 6.62. The Kier molecular flexibility index (Phi) is 43.9. The van der Waals surface area contributed by atoms with Crippen LogP contribution in [0.4, 0.5) is 9.59 Å². The molecule has 0 saturated heterocycles. The van der Waals surface area contributed by atoms with Crippen LogP contribution in [0.2, 0.25) is 0 Å². The van der Waals surface area contributed by atoms with Crippen molar-refractivity contribution in [1.82, 2.24) is 18.5 Å². The summed E-state index contributed by atoms with van der Waals surface area (Å²) < 4.78 is 32.1. The Hall–Kier alpha value is -1.37. The molecule has 0 aromatic rings. The zero-order valence-electron chi connectivity index (χ0n) is 8.61. The average Bonchev–Trinajstić information content (AvgIpc) is 1.50. The van der Waals surface area contributed by atoms with Gasteiger partial charge in [0.2, 0.25) is 6.16 Å². The molecule has 0 aromatic carbocycles. The van der Waals surface area contributed by atoms with E-state index in [0.717, 1.165) is 0 Å². The van der Waals surface area contributed by atoms with Gasteiger partial charge in [-0.1, -0.05) is 0 Å². The van der Waals surface area contributed by atoms with Crippen LogP contribution in [0.25, 0.3) is 0 Å². The van der Waals surface area contributed by atoms with Crippen molar-refractivity contribution in [2.24, 2.45) is 0 Å². The number of carbonyl (C=O) groups is 2. The molecule has 0 unspecified atom stereocenters. The minimum atomic E-state index is -5.67. The van der Waals surface area contributed by atoms with Gasteiger partial charge in [0.15, 0.2) is 0 Å². The van der Waals surface area contributed by atoms with Crippen LogP contribution in [0.5, 0.6) is 0 Å². The van der Waals surface area contributed by atoms with Gasteiger partial charge in [0, 0.05) is 0 Å². The van der Waals surface area contributed by atoms with Gasteiger partial charge < -0.3 is 48.5 Å². The van der Waals surface area contributed by atoms with Crippen LogP contribution >= 0.6 is 0 Å². The Morgan fingerprint density at radius 1 is 0.875 bits per heavy atom. The quantitative estimate of drug-likeness (QED) is 0.220. The molecule has 0 aromatic heterocycles. The fourth-order valence-corrected chi connectivity index (χ4v) is 0. The summed E-state index contributed by atoms with van der Waals surface area (Å²) in [4.78, 5) is 16.8. The van der Waals surface area contributed by atoms with Gasteiger partial charge in [-0.3, -0.25) is 0 Å². The number of hydrogen-bond donors (Lipinski definition) is 6.